The molecule has 5 atom stereocenters. The summed E-state index contributed by atoms with van der Waals surface area (Å²) in [4.78, 5) is 51.5. The van der Waals surface area contributed by atoms with E-state index < -0.39 is 81.1 Å². The number of Topliss-reactive ketones (excluding diaryl/α,β-unsaturated/α-hetero) is 2. The number of hydrogen-bond acceptors (Lipinski definition) is 10. The van der Waals surface area contributed by atoms with Crippen molar-refractivity contribution in [2.24, 2.45) is 17.6 Å². The Hall–Kier alpha value is -2.78. The number of likely N-dealkylation sites (N-methyl/N-ethyl adjacent to an activating group) is 1. The number of anilines is 1. The molecule has 0 bridgehead atoms. The van der Waals surface area contributed by atoms with Crippen LogP contribution in [0.5, 0.6) is 5.75 Å². The number of nitrogens with zero attached hydrogens (tertiary/aromatic N) is 1. The van der Waals surface area contributed by atoms with E-state index >= 15 is 0 Å². The normalized spacial score (nSPS) is 27.3. The summed E-state index contributed by atoms with van der Waals surface area (Å²) in [5.41, 5.74) is 1.47. The van der Waals surface area contributed by atoms with Gasteiger partial charge in [-0.1, -0.05) is 22.0 Å². The van der Waals surface area contributed by atoms with Crippen molar-refractivity contribution in [1.82, 2.24) is 4.90 Å². The topological polar surface area (TPSA) is 211 Å². The molecule has 14 heteroatoms. The molecule has 3 aliphatic carbocycles. The number of benzene rings is 1. The number of aromatic hydroxyl groups is 1. The highest BCUT2D eigenvalue weighted by atomic mass is 79.9. The zero-order chi connectivity index (χ0) is 27.6. The molecule has 0 aromatic heterocycles. The average Bonchev–Trinajstić information content (AvgIpc) is 2.82. The molecule has 0 saturated carbocycles. The lowest BCUT2D eigenvalue weighted by molar-refractivity contribution is -0.148. The second-order valence-corrected chi connectivity index (χ2v) is 10.7. The first-order valence-electron chi connectivity index (χ1n) is 11.3. The minimum absolute atomic E-state index is 0. The quantitative estimate of drug-likeness (QED) is 0.131. The van der Waals surface area contributed by atoms with Gasteiger partial charge in [0.1, 0.15) is 21.9 Å². The van der Waals surface area contributed by atoms with Gasteiger partial charge in [0.05, 0.1) is 23.9 Å². The van der Waals surface area contributed by atoms with Gasteiger partial charge < -0.3 is 36.6 Å². The molecule has 0 spiro atoms. The van der Waals surface area contributed by atoms with Gasteiger partial charge in [0, 0.05) is 11.5 Å². The van der Waals surface area contributed by atoms with Crippen LogP contribution in [0.25, 0.3) is 0 Å². The number of phenols is 1. The Bertz CT molecular complexity index is 1310. The maximum Gasteiger partial charge on any atom is 0.255 e. The number of carbonyl (C=O) groups excluding carboxylic acids is 4. The Balaban J connectivity index is 0.00000400. The molecule has 0 saturated heterocycles. The molecule has 4 unspecified atom stereocenters. The van der Waals surface area contributed by atoms with E-state index in [2.05, 4.69) is 21.2 Å². The first kappa shape index (κ1) is 29.8. The van der Waals surface area contributed by atoms with E-state index in [1.54, 1.807) is 14.1 Å². The summed E-state index contributed by atoms with van der Waals surface area (Å²) >= 11 is 2.97. The predicted molar refractivity (Wildman–Crippen MR) is 142 cm³/mol. The summed E-state index contributed by atoms with van der Waals surface area (Å²) in [5, 5.41) is 56.0. The van der Waals surface area contributed by atoms with E-state index in [0.717, 1.165) is 0 Å². The molecular formula is C24H27Br2N3O9. The second-order valence-electron chi connectivity index (χ2n) is 9.60. The van der Waals surface area contributed by atoms with E-state index in [1.807, 2.05) is 0 Å². The van der Waals surface area contributed by atoms with Crippen molar-refractivity contribution >= 4 is 62.0 Å². The molecule has 0 fully saturated rings. The summed E-state index contributed by atoms with van der Waals surface area (Å²) in [6.07, 6.45) is 0.112. The van der Waals surface area contributed by atoms with Gasteiger partial charge in [-0.2, -0.15) is 0 Å². The number of nitrogens with two attached hydrogens (primary N) is 1. The lowest BCUT2D eigenvalue weighted by atomic mass is 9.58. The van der Waals surface area contributed by atoms with Crippen molar-refractivity contribution in [1.29, 1.82) is 0 Å². The molecule has 4 rings (SSSR count). The van der Waals surface area contributed by atoms with Crippen LogP contribution in [0.2, 0.25) is 0 Å². The number of amides is 2. The maximum absolute atomic E-state index is 13.6. The highest BCUT2D eigenvalue weighted by Gasteiger charge is 2.63. The number of halogens is 2. The number of hydrogen-bond donors (Lipinski definition) is 7. The molecule has 2 amide bonds. The third-order valence-electron chi connectivity index (χ3n) is 7.30. The Labute approximate surface area is 235 Å². The molecule has 206 valence electrons. The standard InChI is InChI=1S/C24H26BrN3O9.BrH/c1-28(2)16-10-6-9-5-8-3-4-12(27-23(36)11(25)7-29)17(30)13(8)18(31)14(9)20(33)24(10,37)21(34)15(19(16)32)22(26)35;/h3-4,9-11,16,29-30,32-33,37H,5-7H2,1-2H3,(H2,26,35)(H,27,36);1H/t9?,10?,11?,16-,24?;/m0./s1. The number of nitrogens with one attached hydrogen (secondary N) is 1. The van der Waals surface area contributed by atoms with Crippen LogP contribution in [0.1, 0.15) is 22.3 Å². The number of rotatable bonds is 5. The fraction of sp³-hybridized carbons (Fsp3) is 0.417. The van der Waals surface area contributed by atoms with E-state index in [1.165, 1.54) is 17.0 Å². The monoisotopic (exact) mass is 659 g/mol. The van der Waals surface area contributed by atoms with Crippen molar-refractivity contribution in [3.63, 3.8) is 0 Å². The third-order valence-corrected chi connectivity index (χ3v) is 8.00. The first-order chi connectivity index (χ1) is 17.3. The second kappa shape index (κ2) is 10.4. The van der Waals surface area contributed by atoms with Crippen LogP contribution < -0.4 is 11.1 Å². The molecule has 12 nitrogen and oxygen atoms in total. The van der Waals surface area contributed by atoms with Crippen molar-refractivity contribution < 1.29 is 44.7 Å². The lowest BCUT2D eigenvalue weighted by Gasteiger charge is -2.50. The largest absolute Gasteiger partial charge is 0.510 e. The molecule has 8 N–H and O–H groups in total. The number of carbonyl (C=O) groups is 4. The summed E-state index contributed by atoms with van der Waals surface area (Å²) in [7, 11) is 3.10. The number of primary amides is 1. The van der Waals surface area contributed by atoms with Gasteiger partial charge in [0.2, 0.25) is 11.7 Å². The van der Waals surface area contributed by atoms with Crippen LogP contribution >= 0.6 is 32.9 Å². The van der Waals surface area contributed by atoms with Gasteiger partial charge in [-0.25, -0.2) is 0 Å². The van der Waals surface area contributed by atoms with Gasteiger partial charge in [0.15, 0.2) is 17.1 Å². The number of ketones is 2. The molecule has 1 aromatic rings. The van der Waals surface area contributed by atoms with Crippen LogP contribution in [0, 0.1) is 11.8 Å². The smallest absolute Gasteiger partial charge is 0.255 e. The first-order valence-corrected chi connectivity index (χ1v) is 12.2. The van der Waals surface area contributed by atoms with Crippen molar-refractivity contribution in [2.45, 2.75) is 29.3 Å². The van der Waals surface area contributed by atoms with Crippen molar-refractivity contribution in [3.05, 3.63) is 45.9 Å². The van der Waals surface area contributed by atoms with Gasteiger partial charge in [-0.05, 0) is 44.5 Å². The Kier molecular flexibility index (Phi) is 8.16. The number of allylic oxidation sites excluding steroid dienone is 1. The fourth-order valence-electron chi connectivity index (χ4n) is 5.62. The van der Waals surface area contributed by atoms with Crippen LogP contribution in [0.15, 0.2) is 34.8 Å². The van der Waals surface area contributed by atoms with E-state index in [0.29, 0.717) is 5.56 Å². The van der Waals surface area contributed by atoms with E-state index in [9.17, 15) is 39.6 Å². The third kappa shape index (κ3) is 4.24. The molecular weight excluding hydrogens is 634 g/mol. The Morgan fingerprint density at radius 2 is 1.87 bits per heavy atom. The lowest BCUT2D eigenvalue weighted by Crippen LogP contribution is -2.63. The Morgan fingerprint density at radius 1 is 1.24 bits per heavy atom. The zero-order valence-electron chi connectivity index (χ0n) is 20.3. The number of fused-ring (bicyclic) bond motifs is 3. The minimum Gasteiger partial charge on any atom is -0.510 e. The van der Waals surface area contributed by atoms with Gasteiger partial charge in [-0.3, -0.25) is 24.1 Å². The van der Waals surface area contributed by atoms with E-state index in [4.69, 9.17) is 10.8 Å². The van der Waals surface area contributed by atoms with Crippen LogP contribution in [0.4, 0.5) is 5.69 Å². The number of aliphatic hydroxyl groups is 4. The molecule has 0 heterocycles. The van der Waals surface area contributed by atoms with Crippen LogP contribution in [-0.2, 0) is 20.8 Å². The van der Waals surface area contributed by atoms with Crippen molar-refractivity contribution in [3.8, 4) is 5.75 Å². The van der Waals surface area contributed by atoms with Crippen LogP contribution in [-0.4, -0.2) is 91.0 Å². The average molecular weight is 661 g/mol. The molecule has 1 aromatic carbocycles. The van der Waals surface area contributed by atoms with Gasteiger partial charge >= 0.3 is 0 Å². The zero-order valence-corrected chi connectivity index (χ0v) is 23.6. The van der Waals surface area contributed by atoms with Gasteiger partial charge in [-0.15, -0.1) is 17.0 Å². The molecule has 0 aliphatic heterocycles. The summed E-state index contributed by atoms with van der Waals surface area (Å²) in [5.74, 6) is -8.15. The van der Waals surface area contributed by atoms with Crippen molar-refractivity contribution in [2.75, 3.05) is 26.0 Å². The fourth-order valence-corrected chi connectivity index (χ4v) is 5.73. The maximum atomic E-state index is 13.6. The minimum atomic E-state index is -2.73. The number of alkyl halides is 1. The highest BCUT2D eigenvalue weighted by Crippen LogP contribution is 2.52. The summed E-state index contributed by atoms with van der Waals surface area (Å²) < 4.78 is 0. The number of phenolic OH excluding ortho intramolecular Hbond substituents is 1. The van der Waals surface area contributed by atoms with E-state index in [-0.39, 0.29) is 46.6 Å². The SMILES string of the molecule is Br.CN(C)[C@@H]1C(O)=C(C(N)=O)C(=O)C2(O)C(O)=C3C(=O)c4c(ccc(NC(=O)C(Br)CO)c4O)CC3CC12. The molecule has 3 aliphatic rings. The highest BCUT2D eigenvalue weighted by molar-refractivity contribution is 9.10. The summed E-state index contributed by atoms with van der Waals surface area (Å²) in [6, 6.07) is 1.85. The number of aliphatic hydroxyl groups excluding tert-OH is 3. The van der Waals surface area contributed by atoms with Crippen LogP contribution in [0.3, 0.4) is 0 Å². The molecule has 0 radical (unpaired) electrons. The predicted octanol–water partition coefficient (Wildman–Crippen LogP) is 0.393. The molecule has 38 heavy (non-hydrogen) atoms. The van der Waals surface area contributed by atoms with Gasteiger partial charge in [0.25, 0.3) is 5.91 Å². The Morgan fingerprint density at radius 3 is 2.42 bits per heavy atom. The summed E-state index contributed by atoms with van der Waals surface area (Å²) in [6.45, 7) is -0.516.